The van der Waals surface area contributed by atoms with Crippen molar-refractivity contribution in [1.82, 2.24) is 15.2 Å². The van der Waals surface area contributed by atoms with Crippen LogP contribution in [-0.4, -0.2) is 60.3 Å². The number of amides is 2. The Kier molecular flexibility index (Phi) is 3.85. The number of rotatable bonds is 2. The van der Waals surface area contributed by atoms with Crippen molar-refractivity contribution in [3.05, 3.63) is 24.4 Å². The van der Waals surface area contributed by atoms with E-state index in [-0.39, 0.29) is 11.6 Å². The summed E-state index contributed by atoms with van der Waals surface area (Å²) in [7, 11) is 0. The van der Waals surface area contributed by atoms with Gasteiger partial charge in [-0.05, 0) is 37.8 Å². The maximum atomic E-state index is 12.4. The number of hydrogen-bond acceptors (Lipinski definition) is 4. The molecule has 124 valence electrons. The molecule has 6 heteroatoms. The lowest BCUT2D eigenvalue weighted by atomic mass is 9.90. The largest absolute Gasteiger partial charge is 0.369 e. The van der Waals surface area contributed by atoms with Gasteiger partial charge >= 0.3 is 6.03 Å². The fourth-order valence-corrected chi connectivity index (χ4v) is 3.59. The van der Waals surface area contributed by atoms with E-state index in [1.807, 2.05) is 29.3 Å². The summed E-state index contributed by atoms with van der Waals surface area (Å²) in [5.74, 6) is 0.995. The second-order valence-electron chi connectivity index (χ2n) is 6.89. The topological polar surface area (TPSA) is 57.7 Å². The Labute approximate surface area is 136 Å². The second-order valence-corrected chi connectivity index (χ2v) is 6.89. The molecule has 3 fully saturated rings. The number of anilines is 1. The van der Waals surface area contributed by atoms with Gasteiger partial charge < -0.3 is 19.9 Å². The fourth-order valence-electron chi connectivity index (χ4n) is 3.59. The number of hydrogen-bond donors (Lipinski definition) is 1. The lowest BCUT2D eigenvalue weighted by Crippen LogP contribution is -2.62. The first-order chi connectivity index (χ1) is 11.2. The molecule has 4 rings (SSSR count). The molecule has 0 unspecified atom stereocenters. The van der Waals surface area contributed by atoms with Crippen molar-refractivity contribution >= 4 is 11.8 Å². The van der Waals surface area contributed by atoms with E-state index in [2.05, 4.69) is 15.2 Å². The van der Waals surface area contributed by atoms with Crippen LogP contribution in [0, 0.1) is 0 Å². The summed E-state index contributed by atoms with van der Waals surface area (Å²) < 4.78 is 6.17. The number of nitrogens with one attached hydrogen (secondary N) is 1. The van der Waals surface area contributed by atoms with E-state index < -0.39 is 0 Å². The summed E-state index contributed by atoms with van der Waals surface area (Å²) in [5.41, 5.74) is -0.255. The number of carbonyl (C=O) groups is 1. The normalized spacial score (nSPS) is 28.0. The molecule has 1 atom stereocenters. The maximum Gasteiger partial charge on any atom is 0.317 e. The Bertz CT molecular complexity index is 559. The van der Waals surface area contributed by atoms with Crippen molar-refractivity contribution < 1.29 is 9.53 Å². The highest BCUT2D eigenvalue weighted by Gasteiger charge is 2.42. The Balaban J connectivity index is 1.44. The molecular weight excluding hydrogens is 292 g/mol. The van der Waals surface area contributed by atoms with Crippen molar-refractivity contribution in [3.63, 3.8) is 0 Å². The van der Waals surface area contributed by atoms with Gasteiger partial charge in [0.05, 0.1) is 19.7 Å². The predicted molar refractivity (Wildman–Crippen MR) is 87.5 cm³/mol. The van der Waals surface area contributed by atoms with Crippen LogP contribution in [0.15, 0.2) is 24.4 Å². The first kappa shape index (κ1) is 14.8. The quantitative estimate of drug-likeness (QED) is 0.901. The first-order valence-corrected chi connectivity index (χ1v) is 8.60. The molecule has 2 aliphatic heterocycles. The monoisotopic (exact) mass is 316 g/mol. The molecule has 1 N–H and O–H groups in total. The van der Waals surface area contributed by atoms with Gasteiger partial charge in [-0.3, -0.25) is 0 Å². The number of ether oxygens (including phenoxy) is 1. The van der Waals surface area contributed by atoms with Crippen LogP contribution >= 0.6 is 0 Å². The molecule has 2 amide bonds. The van der Waals surface area contributed by atoms with Gasteiger partial charge in [0.15, 0.2) is 0 Å². The first-order valence-electron chi connectivity index (χ1n) is 8.60. The van der Waals surface area contributed by atoms with Crippen LogP contribution in [0.3, 0.4) is 0 Å². The third-order valence-corrected chi connectivity index (χ3v) is 4.95. The number of urea groups is 1. The molecule has 2 saturated heterocycles. The highest BCUT2D eigenvalue weighted by atomic mass is 16.5. The molecule has 0 bridgehead atoms. The van der Waals surface area contributed by atoms with Gasteiger partial charge in [0, 0.05) is 25.3 Å². The van der Waals surface area contributed by atoms with Crippen LogP contribution in [0.25, 0.3) is 0 Å². The van der Waals surface area contributed by atoms with E-state index in [1.54, 1.807) is 0 Å². The van der Waals surface area contributed by atoms with Gasteiger partial charge in [-0.2, -0.15) is 0 Å². The summed E-state index contributed by atoms with van der Waals surface area (Å²) in [4.78, 5) is 21.0. The molecule has 3 aliphatic rings. The van der Waals surface area contributed by atoms with Crippen LogP contribution in [-0.2, 0) is 4.74 Å². The summed E-state index contributed by atoms with van der Waals surface area (Å²) in [6.07, 6.45) is 6.13. The average Bonchev–Trinajstić information content (AvgIpc) is 3.40. The molecule has 3 heterocycles. The van der Waals surface area contributed by atoms with Gasteiger partial charge in [-0.25, -0.2) is 9.78 Å². The number of nitrogens with zero attached hydrogens (tertiary/aromatic N) is 3. The summed E-state index contributed by atoms with van der Waals surface area (Å²) >= 11 is 0. The number of piperidine rings is 1. The van der Waals surface area contributed by atoms with E-state index in [1.165, 1.54) is 0 Å². The lowest BCUT2D eigenvalue weighted by molar-refractivity contribution is -0.103. The SMILES string of the molecule is O=C(NC1CC1)N1CCO[C@@]2(CCCN(c3ccccn3)C2)C1. The van der Waals surface area contributed by atoms with Gasteiger partial charge in [0.2, 0.25) is 0 Å². The number of aromatic nitrogens is 1. The smallest absolute Gasteiger partial charge is 0.317 e. The van der Waals surface area contributed by atoms with E-state index in [0.29, 0.717) is 25.7 Å². The molecule has 1 aromatic rings. The standard InChI is InChI=1S/C17H24N4O2/c22-16(19-14-5-6-14)21-10-11-23-17(13-21)7-3-9-20(12-17)15-4-1-2-8-18-15/h1-2,4,8,14H,3,5-7,9-13H2,(H,19,22)/t17-/m1/s1. The molecule has 23 heavy (non-hydrogen) atoms. The molecule has 1 aliphatic carbocycles. The van der Waals surface area contributed by atoms with Gasteiger partial charge in [-0.15, -0.1) is 0 Å². The predicted octanol–water partition coefficient (Wildman–Crippen LogP) is 1.62. The molecule has 1 spiro atoms. The summed E-state index contributed by atoms with van der Waals surface area (Å²) in [6, 6.07) is 6.47. The summed E-state index contributed by atoms with van der Waals surface area (Å²) in [5, 5.41) is 3.09. The fraction of sp³-hybridized carbons (Fsp3) is 0.647. The van der Waals surface area contributed by atoms with Crippen molar-refractivity contribution in [2.45, 2.75) is 37.3 Å². The third kappa shape index (κ3) is 3.27. The van der Waals surface area contributed by atoms with Crippen molar-refractivity contribution in [2.24, 2.45) is 0 Å². The van der Waals surface area contributed by atoms with Crippen LogP contribution < -0.4 is 10.2 Å². The van der Waals surface area contributed by atoms with Crippen LogP contribution in [0.1, 0.15) is 25.7 Å². The Morgan fingerprint density at radius 1 is 1.30 bits per heavy atom. The minimum absolute atomic E-state index is 0.0742. The zero-order valence-corrected chi connectivity index (χ0v) is 13.4. The van der Waals surface area contributed by atoms with E-state index in [0.717, 1.165) is 44.6 Å². The second kappa shape index (κ2) is 6.00. The van der Waals surface area contributed by atoms with E-state index >= 15 is 0 Å². The number of carbonyl (C=O) groups excluding carboxylic acids is 1. The molecule has 1 aromatic heterocycles. The minimum Gasteiger partial charge on any atom is -0.369 e. The molecule has 6 nitrogen and oxygen atoms in total. The number of pyridine rings is 1. The Morgan fingerprint density at radius 3 is 3.00 bits per heavy atom. The van der Waals surface area contributed by atoms with Crippen molar-refractivity contribution in [3.8, 4) is 0 Å². The summed E-state index contributed by atoms with van der Waals surface area (Å²) in [6.45, 7) is 3.78. The molecular formula is C17H24N4O2. The molecule has 0 radical (unpaired) electrons. The third-order valence-electron chi connectivity index (χ3n) is 4.95. The van der Waals surface area contributed by atoms with Crippen molar-refractivity contribution in [2.75, 3.05) is 37.7 Å². The average molecular weight is 316 g/mol. The van der Waals surface area contributed by atoms with Gasteiger partial charge in [-0.1, -0.05) is 6.07 Å². The zero-order chi connectivity index (χ0) is 15.7. The van der Waals surface area contributed by atoms with E-state index in [4.69, 9.17) is 4.74 Å². The number of morpholine rings is 1. The van der Waals surface area contributed by atoms with Crippen LogP contribution in [0.5, 0.6) is 0 Å². The van der Waals surface area contributed by atoms with Crippen LogP contribution in [0.2, 0.25) is 0 Å². The van der Waals surface area contributed by atoms with Crippen molar-refractivity contribution in [1.29, 1.82) is 0 Å². The Hall–Kier alpha value is -1.82. The Morgan fingerprint density at radius 2 is 2.22 bits per heavy atom. The van der Waals surface area contributed by atoms with E-state index in [9.17, 15) is 4.79 Å². The lowest BCUT2D eigenvalue weighted by Gasteiger charge is -2.48. The molecule has 0 aromatic carbocycles. The van der Waals surface area contributed by atoms with Gasteiger partial charge in [0.1, 0.15) is 11.4 Å². The minimum atomic E-state index is -0.255. The van der Waals surface area contributed by atoms with Crippen LogP contribution in [0.4, 0.5) is 10.6 Å². The zero-order valence-electron chi connectivity index (χ0n) is 13.4. The highest BCUT2D eigenvalue weighted by Crippen LogP contribution is 2.31. The maximum absolute atomic E-state index is 12.4. The van der Waals surface area contributed by atoms with Gasteiger partial charge in [0.25, 0.3) is 0 Å². The highest BCUT2D eigenvalue weighted by molar-refractivity contribution is 5.75. The molecule has 1 saturated carbocycles.